The average Bonchev–Trinajstić information content (AvgIpc) is 2.68. The molecule has 28 heavy (non-hydrogen) atoms. The molecule has 0 saturated heterocycles. The summed E-state index contributed by atoms with van der Waals surface area (Å²) in [4.78, 5) is 28.0. The molecule has 0 aliphatic heterocycles. The SMILES string of the molecule is COc1ccccc1NC(=O)c1ccnc(Nc2cccc(NC(C)=O)c2)c1. The number of ether oxygens (including phenoxy) is 1. The van der Waals surface area contributed by atoms with E-state index < -0.39 is 0 Å². The van der Waals surface area contributed by atoms with Crippen LogP contribution in [0.5, 0.6) is 5.75 Å². The van der Waals surface area contributed by atoms with E-state index in [1.54, 1.807) is 49.7 Å². The number of amides is 2. The Morgan fingerprint density at radius 1 is 0.929 bits per heavy atom. The fraction of sp³-hybridized carbons (Fsp3) is 0.0952. The molecule has 0 fully saturated rings. The van der Waals surface area contributed by atoms with Crippen molar-refractivity contribution in [1.82, 2.24) is 4.98 Å². The molecule has 0 saturated carbocycles. The van der Waals surface area contributed by atoms with Crippen molar-refractivity contribution in [2.45, 2.75) is 6.92 Å². The Morgan fingerprint density at radius 2 is 1.71 bits per heavy atom. The molecule has 7 nitrogen and oxygen atoms in total. The van der Waals surface area contributed by atoms with Gasteiger partial charge in [0, 0.05) is 30.1 Å². The maximum Gasteiger partial charge on any atom is 0.255 e. The molecule has 0 spiro atoms. The molecule has 1 aromatic heterocycles. The second kappa shape index (κ2) is 8.68. The Morgan fingerprint density at radius 3 is 2.50 bits per heavy atom. The largest absolute Gasteiger partial charge is 0.495 e. The van der Waals surface area contributed by atoms with Crippen molar-refractivity contribution in [3.63, 3.8) is 0 Å². The van der Waals surface area contributed by atoms with E-state index in [-0.39, 0.29) is 11.8 Å². The number of pyridine rings is 1. The Hall–Kier alpha value is -3.87. The van der Waals surface area contributed by atoms with E-state index in [0.717, 1.165) is 5.69 Å². The summed E-state index contributed by atoms with van der Waals surface area (Å²) in [7, 11) is 1.55. The summed E-state index contributed by atoms with van der Waals surface area (Å²) < 4.78 is 5.25. The number of hydrogen-bond acceptors (Lipinski definition) is 5. The number of carbonyl (C=O) groups excluding carboxylic acids is 2. The zero-order valence-electron chi connectivity index (χ0n) is 15.5. The van der Waals surface area contributed by atoms with Gasteiger partial charge in [-0.25, -0.2) is 4.98 Å². The minimum Gasteiger partial charge on any atom is -0.495 e. The standard InChI is InChI=1S/C21H20N4O3/c1-14(26)23-16-6-5-7-17(13-16)24-20-12-15(10-11-22-20)21(27)25-18-8-3-4-9-19(18)28-2/h3-13H,1-2H3,(H,22,24)(H,23,26)(H,25,27). The zero-order chi connectivity index (χ0) is 19.9. The first-order valence-corrected chi connectivity index (χ1v) is 8.60. The summed E-state index contributed by atoms with van der Waals surface area (Å²) in [5, 5.41) is 8.69. The summed E-state index contributed by atoms with van der Waals surface area (Å²) in [6.07, 6.45) is 1.55. The van der Waals surface area contributed by atoms with Crippen LogP contribution in [0.1, 0.15) is 17.3 Å². The first kappa shape index (κ1) is 18.9. The highest BCUT2D eigenvalue weighted by atomic mass is 16.5. The van der Waals surface area contributed by atoms with Gasteiger partial charge in [0.15, 0.2) is 0 Å². The lowest BCUT2D eigenvalue weighted by Gasteiger charge is -2.11. The zero-order valence-corrected chi connectivity index (χ0v) is 15.5. The first-order valence-electron chi connectivity index (χ1n) is 8.60. The lowest BCUT2D eigenvalue weighted by atomic mass is 10.2. The number of carbonyl (C=O) groups is 2. The Kier molecular flexibility index (Phi) is 5.86. The van der Waals surface area contributed by atoms with Crippen molar-refractivity contribution in [3.05, 3.63) is 72.4 Å². The number of nitrogens with one attached hydrogen (secondary N) is 3. The van der Waals surface area contributed by atoms with Crippen molar-refractivity contribution in [2.24, 2.45) is 0 Å². The molecule has 0 radical (unpaired) electrons. The van der Waals surface area contributed by atoms with Crippen LogP contribution >= 0.6 is 0 Å². The maximum absolute atomic E-state index is 12.6. The average molecular weight is 376 g/mol. The molecule has 0 unspecified atom stereocenters. The fourth-order valence-corrected chi connectivity index (χ4v) is 2.61. The van der Waals surface area contributed by atoms with Crippen LogP contribution in [-0.2, 0) is 4.79 Å². The normalized spacial score (nSPS) is 10.1. The third kappa shape index (κ3) is 4.85. The Labute approximate surface area is 162 Å². The van der Waals surface area contributed by atoms with Gasteiger partial charge in [0.2, 0.25) is 5.91 Å². The summed E-state index contributed by atoms with van der Waals surface area (Å²) in [5.74, 6) is 0.665. The van der Waals surface area contributed by atoms with E-state index >= 15 is 0 Å². The molecule has 2 aromatic carbocycles. The van der Waals surface area contributed by atoms with Gasteiger partial charge in [0.1, 0.15) is 11.6 Å². The predicted octanol–water partition coefficient (Wildman–Crippen LogP) is 4.04. The van der Waals surface area contributed by atoms with Crippen LogP contribution in [0.2, 0.25) is 0 Å². The molecule has 3 aromatic rings. The van der Waals surface area contributed by atoms with E-state index in [1.807, 2.05) is 24.3 Å². The molecule has 3 rings (SSSR count). The van der Waals surface area contributed by atoms with Crippen molar-refractivity contribution < 1.29 is 14.3 Å². The molecule has 2 amide bonds. The van der Waals surface area contributed by atoms with E-state index in [4.69, 9.17) is 4.74 Å². The molecule has 3 N–H and O–H groups in total. The van der Waals surface area contributed by atoms with Crippen LogP contribution in [0.15, 0.2) is 66.9 Å². The highest BCUT2D eigenvalue weighted by molar-refractivity contribution is 6.05. The number of hydrogen-bond donors (Lipinski definition) is 3. The number of aromatic nitrogens is 1. The van der Waals surface area contributed by atoms with Crippen molar-refractivity contribution in [1.29, 1.82) is 0 Å². The number of rotatable bonds is 6. The van der Waals surface area contributed by atoms with Gasteiger partial charge in [0.25, 0.3) is 5.91 Å². The highest BCUT2D eigenvalue weighted by Gasteiger charge is 2.10. The smallest absolute Gasteiger partial charge is 0.255 e. The fourth-order valence-electron chi connectivity index (χ4n) is 2.61. The molecule has 7 heteroatoms. The van der Waals surface area contributed by atoms with Crippen LogP contribution in [0, 0.1) is 0 Å². The minimum atomic E-state index is -0.276. The highest BCUT2D eigenvalue weighted by Crippen LogP contribution is 2.24. The third-order valence-electron chi connectivity index (χ3n) is 3.83. The summed E-state index contributed by atoms with van der Waals surface area (Å²) in [6, 6.07) is 17.7. The summed E-state index contributed by atoms with van der Waals surface area (Å²) in [6.45, 7) is 1.45. The van der Waals surface area contributed by atoms with Gasteiger partial charge in [-0.05, 0) is 42.5 Å². The van der Waals surface area contributed by atoms with Crippen LogP contribution in [-0.4, -0.2) is 23.9 Å². The Bertz CT molecular complexity index is 1000. The van der Waals surface area contributed by atoms with Crippen molar-refractivity contribution >= 4 is 34.7 Å². The lowest BCUT2D eigenvalue weighted by molar-refractivity contribution is -0.114. The predicted molar refractivity (Wildman–Crippen MR) is 109 cm³/mol. The van der Waals surface area contributed by atoms with Crippen LogP contribution in [0.3, 0.4) is 0 Å². The van der Waals surface area contributed by atoms with Crippen molar-refractivity contribution in [3.8, 4) is 5.75 Å². The third-order valence-corrected chi connectivity index (χ3v) is 3.83. The van der Waals surface area contributed by atoms with Gasteiger partial charge in [-0.3, -0.25) is 9.59 Å². The van der Waals surface area contributed by atoms with Gasteiger partial charge >= 0.3 is 0 Å². The molecule has 0 aliphatic carbocycles. The van der Waals surface area contributed by atoms with Gasteiger partial charge < -0.3 is 20.7 Å². The molecule has 0 aliphatic rings. The van der Waals surface area contributed by atoms with E-state index in [0.29, 0.717) is 28.5 Å². The minimum absolute atomic E-state index is 0.148. The number of anilines is 4. The molecule has 0 bridgehead atoms. The van der Waals surface area contributed by atoms with Crippen LogP contribution in [0.4, 0.5) is 22.9 Å². The van der Waals surface area contributed by atoms with E-state index in [1.165, 1.54) is 6.92 Å². The number of nitrogens with zero attached hydrogens (tertiary/aromatic N) is 1. The topological polar surface area (TPSA) is 92.3 Å². The second-order valence-electron chi connectivity index (χ2n) is 5.97. The molecular weight excluding hydrogens is 356 g/mol. The number of benzene rings is 2. The molecule has 142 valence electrons. The van der Waals surface area contributed by atoms with Gasteiger partial charge in [-0.15, -0.1) is 0 Å². The molecular formula is C21H20N4O3. The van der Waals surface area contributed by atoms with Gasteiger partial charge in [-0.2, -0.15) is 0 Å². The molecule has 0 atom stereocenters. The Balaban J connectivity index is 1.75. The summed E-state index contributed by atoms with van der Waals surface area (Å²) in [5.41, 5.74) is 2.44. The van der Waals surface area contributed by atoms with Crippen LogP contribution in [0.25, 0.3) is 0 Å². The quantitative estimate of drug-likeness (QED) is 0.604. The lowest BCUT2D eigenvalue weighted by Crippen LogP contribution is -2.13. The summed E-state index contributed by atoms with van der Waals surface area (Å²) >= 11 is 0. The second-order valence-corrected chi connectivity index (χ2v) is 5.97. The number of para-hydroxylation sites is 2. The molecule has 1 heterocycles. The first-order chi connectivity index (χ1) is 13.5. The van der Waals surface area contributed by atoms with Gasteiger partial charge in [-0.1, -0.05) is 18.2 Å². The monoisotopic (exact) mass is 376 g/mol. The van der Waals surface area contributed by atoms with Crippen molar-refractivity contribution in [2.75, 3.05) is 23.1 Å². The maximum atomic E-state index is 12.6. The van der Waals surface area contributed by atoms with Crippen LogP contribution < -0.4 is 20.7 Å². The van der Waals surface area contributed by atoms with Gasteiger partial charge in [0.05, 0.1) is 12.8 Å². The van der Waals surface area contributed by atoms with E-state index in [2.05, 4.69) is 20.9 Å². The number of methoxy groups -OCH3 is 1. The van der Waals surface area contributed by atoms with E-state index in [9.17, 15) is 9.59 Å².